The molecule has 0 amide bonds. The molecule has 19 heavy (non-hydrogen) atoms. The molecule has 1 aliphatic rings. The molecule has 3 rings (SSSR count). The Morgan fingerprint density at radius 2 is 2.26 bits per heavy atom. The number of aldehydes is 1. The van der Waals surface area contributed by atoms with Crippen molar-refractivity contribution in [2.45, 2.75) is 25.3 Å². The molecule has 0 radical (unpaired) electrons. The first-order valence-electron chi connectivity index (χ1n) is 6.15. The Kier molecular flexibility index (Phi) is 3.46. The van der Waals surface area contributed by atoms with Gasteiger partial charge in [-0.3, -0.25) is 4.79 Å². The van der Waals surface area contributed by atoms with E-state index < -0.39 is 0 Å². The van der Waals surface area contributed by atoms with Crippen LogP contribution >= 0.6 is 27.5 Å². The summed E-state index contributed by atoms with van der Waals surface area (Å²) in [5.74, 6) is 0.418. The monoisotopic (exact) mass is 338 g/mol. The summed E-state index contributed by atoms with van der Waals surface area (Å²) in [6.45, 7) is 0.575. The molecule has 1 heterocycles. The van der Waals surface area contributed by atoms with Crippen LogP contribution in [0.3, 0.4) is 0 Å². The molecule has 1 fully saturated rings. The van der Waals surface area contributed by atoms with Gasteiger partial charge < -0.3 is 0 Å². The molecule has 0 atom stereocenters. The summed E-state index contributed by atoms with van der Waals surface area (Å²) in [5.41, 5.74) is 2.51. The van der Waals surface area contributed by atoms with Crippen molar-refractivity contribution in [3.05, 3.63) is 50.7 Å². The van der Waals surface area contributed by atoms with E-state index in [9.17, 15) is 4.79 Å². The standard InChI is InChI=1S/C14H12BrClN2O/c15-11-3-1-2-9(6-11)7-18-14(16)12(8-19)13(17-18)10-4-5-10/h1-3,6,8,10H,4-5,7H2. The van der Waals surface area contributed by atoms with Crippen molar-refractivity contribution in [2.75, 3.05) is 0 Å². The average Bonchev–Trinajstić information content (AvgIpc) is 3.17. The molecule has 1 aliphatic carbocycles. The molecule has 0 aliphatic heterocycles. The maximum atomic E-state index is 11.2. The maximum absolute atomic E-state index is 11.2. The second-order valence-corrected chi connectivity index (χ2v) is 6.04. The van der Waals surface area contributed by atoms with Gasteiger partial charge in [0, 0.05) is 10.4 Å². The van der Waals surface area contributed by atoms with Gasteiger partial charge in [-0.1, -0.05) is 39.7 Å². The smallest absolute Gasteiger partial charge is 0.155 e. The number of rotatable bonds is 4. The van der Waals surface area contributed by atoms with E-state index in [1.807, 2.05) is 24.3 Å². The predicted octanol–water partition coefficient (Wildman–Crippen LogP) is 4.04. The molecular formula is C14H12BrClN2O. The minimum Gasteiger partial charge on any atom is -0.298 e. The fourth-order valence-electron chi connectivity index (χ4n) is 2.15. The molecule has 2 aromatic rings. The predicted molar refractivity (Wildman–Crippen MR) is 77.8 cm³/mol. The van der Waals surface area contributed by atoms with E-state index in [1.54, 1.807) is 4.68 Å². The van der Waals surface area contributed by atoms with E-state index in [-0.39, 0.29) is 0 Å². The van der Waals surface area contributed by atoms with E-state index in [2.05, 4.69) is 21.0 Å². The number of hydrogen-bond acceptors (Lipinski definition) is 2. The highest BCUT2D eigenvalue weighted by atomic mass is 79.9. The Bertz CT molecular complexity index is 634. The van der Waals surface area contributed by atoms with Crippen molar-refractivity contribution < 1.29 is 4.79 Å². The van der Waals surface area contributed by atoms with Crippen LogP contribution in [-0.2, 0) is 6.54 Å². The van der Waals surface area contributed by atoms with Gasteiger partial charge in [-0.15, -0.1) is 0 Å². The molecule has 0 saturated heterocycles. The van der Waals surface area contributed by atoms with Crippen LogP contribution in [-0.4, -0.2) is 16.1 Å². The topological polar surface area (TPSA) is 34.9 Å². The SMILES string of the molecule is O=Cc1c(C2CC2)nn(Cc2cccc(Br)c2)c1Cl. The maximum Gasteiger partial charge on any atom is 0.155 e. The number of hydrogen-bond donors (Lipinski definition) is 0. The highest BCUT2D eigenvalue weighted by molar-refractivity contribution is 9.10. The first-order valence-corrected chi connectivity index (χ1v) is 7.32. The number of carbonyl (C=O) groups is 1. The largest absolute Gasteiger partial charge is 0.298 e. The number of halogens is 2. The van der Waals surface area contributed by atoms with Crippen molar-refractivity contribution in [1.29, 1.82) is 0 Å². The fourth-order valence-corrected chi connectivity index (χ4v) is 2.84. The lowest BCUT2D eigenvalue weighted by Crippen LogP contribution is -2.02. The zero-order valence-electron chi connectivity index (χ0n) is 10.1. The lowest BCUT2D eigenvalue weighted by Gasteiger charge is -2.04. The van der Waals surface area contributed by atoms with E-state index in [4.69, 9.17) is 11.6 Å². The number of benzene rings is 1. The van der Waals surface area contributed by atoms with Crippen LogP contribution in [0.15, 0.2) is 28.7 Å². The molecular weight excluding hydrogens is 328 g/mol. The molecule has 1 aromatic heterocycles. The molecule has 0 N–H and O–H groups in total. The van der Waals surface area contributed by atoms with Crippen LogP contribution in [0.5, 0.6) is 0 Å². The molecule has 1 saturated carbocycles. The van der Waals surface area contributed by atoms with Gasteiger partial charge in [0.25, 0.3) is 0 Å². The van der Waals surface area contributed by atoms with Gasteiger partial charge in [0.2, 0.25) is 0 Å². The van der Waals surface area contributed by atoms with Gasteiger partial charge in [-0.25, -0.2) is 4.68 Å². The van der Waals surface area contributed by atoms with Crippen LogP contribution in [0.4, 0.5) is 0 Å². The zero-order valence-corrected chi connectivity index (χ0v) is 12.5. The van der Waals surface area contributed by atoms with E-state index >= 15 is 0 Å². The summed E-state index contributed by atoms with van der Waals surface area (Å²) >= 11 is 9.69. The summed E-state index contributed by atoms with van der Waals surface area (Å²) in [4.78, 5) is 11.2. The number of carbonyl (C=O) groups excluding carboxylic acids is 1. The Morgan fingerprint density at radius 1 is 1.47 bits per heavy atom. The Morgan fingerprint density at radius 3 is 2.89 bits per heavy atom. The lowest BCUT2D eigenvalue weighted by molar-refractivity contribution is 0.112. The number of aromatic nitrogens is 2. The quantitative estimate of drug-likeness (QED) is 0.788. The average molecular weight is 340 g/mol. The van der Waals surface area contributed by atoms with Crippen LogP contribution in [0.25, 0.3) is 0 Å². The normalized spacial score (nSPS) is 14.6. The minimum atomic E-state index is 0.418. The molecule has 5 heteroatoms. The third kappa shape index (κ3) is 2.60. The molecule has 3 nitrogen and oxygen atoms in total. The Hall–Kier alpha value is -1.13. The van der Waals surface area contributed by atoms with Gasteiger partial charge in [0.15, 0.2) is 6.29 Å². The van der Waals surface area contributed by atoms with Crippen LogP contribution in [0.2, 0.25) is 5.15 Å². The second-order valence-electron chi connectivity index (χ2n) is 4.77. The molecule has 1 aromatic carbocycles. The van der Waals surface area contributed by atoms with Crippen LogP contribution in [0, 0.1) is 0 Å². The first kappa shape index (κ1) is 12.9. The van der Waals surface area contributed by atoms with Crippen molar-refractivity contribution in [3.63, 3.8) is 0 Å². The summed E-state index contributed by atoms with van der Waals surface area (Å²) < 4.78 is 2.73. The van der Waals surface area contributed by atoms with Crippen molar-refractivity contribution in [2.24, 2.45) is 0 Å². The van der Waals surface area contributed by atoms with Crippen LogP contribution < -0.4 is 0 Å². The van der Waals surface area contributed by atoms with Crippen LogP contribution in [0.1, 0.15) is 40.4 Å². The Labute approximate surface area is 124 Å². The van der Waals surface area contributed by atoms with E-state index in [1.165, 1.54) is 0 Å². The first-order chi connectivity index (χ1) is 9.19. The number of nitrogens with zero attached hydrogens (tertiary/aromatic N) is 2. The van der Waals surface area contributed by atoms with Crippen molar-refractivity contribution in [3.8, 4) is 0 Å². The highest BCUT2D eigenvalue weighted by Crippen LogP contribution is 2.42. The van der Waals surface area contributed by atoms with E-state index in [0.29, 0.717) is 23.2 Å². The third-order valence-electron chi connectivity index (χ3n) is 3.26. The highest BCUT2D eigenvalue weighted by Gasteiger charge is 2.31. The van der Waals surface area contributed by atoms with Crippen molar-refractivity contribution in [1.82, 2.24) is 9.78 Å². The second kappa shape index (κ2) is 5.10. The summed E-state index contributed by atoms with van der Waals surface area (Å²) in [6.07, 6.45) is 3.02. The van der Waals surface area contributed by atoms with Gasteiger partial charge in [-0.05, 0) is 30.5 Å². The molecule has 0 bridgehead atoms. The summed E-state index contributed by atoms with van der Waals surface area (Å²) in [6, 6.07) is 7.98. The van der Waals surface area contributed by atoms with Gasteiger partial charge in [0.05, 0.1) is 17.8 Å². The van der Waals surface area contributed by atoms with E-state index in [0.717, 1.165) is 34.9 Å². The molecule has 0 spiro atoms. The molecule has 98 valence electrons. The van der Waals surface area contributed by atoms with Crippen molar-refractivity contribution >= 4 is 33.8 Å². The zero-order chi connectivity index (χ0) is 13.4. The van der Waals surface area contributed by atoms with Gasteiger partial charge in [-0.2, -0.15) is 5.10 Å². The summed E-state index contributed by atoms with van der Waals surface area (Å²) in [7, 11) is 0. The van der Waals surface area contributed by atoms with Gasteiger partial charge in [0.1, 0.15) is 5.15 Å². The fraction of sp³-hybridized carbons (Fsp3) is 0.286. The Balaban J connectivity index is 1.94. The third-order valence-corrected chi connectivity index (χ3v) is 4.15. The lowest BCUT2D eigenvalue weighted by atomic mass is 10.2. The summed E-state index contributed by atoms with van der Waals surface area (Å²) in [5, 5.41) is 4.95. The molecule has 0 unspecified atom stereocenters. The van der Waals surface area contributed by atoms with Gasteiger partial charge >= 0.3 is 0 Å². The minimum absolute atomic E-state index is 0.418.